The maximum atomic E-state index is 11.6. The van der Waals surface area contributed by atoms with Crippen LogP contribution in [0.15, 0.2) is 24.3 Å². The van der Waals surface area contributed by atoms with Crippen LogP contribution in [0.1, 0.15) is 41.4 Å². The third kappa shape index (κ3) is 3.27. The molecule has 21 heavy (non-hydrogen) atoms. The first kappa shape index (κ1) is 14.5. The molecule has 2 aromatic rings. The number of hydrogen-bond acceptors (Lipinski definition) is 3. The molecule has 0 unspecified atom stereocenters. The molecule has 4 heteroatoms. The van der Waals surface area contributed by atoms with Gasteiger partial charge in [0.2, 0.25) is 0 Å². The van der Waals surface area contributed by atoms with Gasteiger partial charge in [-0.1, -0.05) is 25.1 Å². The van der Waals surface area contributed by atoms with Gasteiger partial charge >= 0.3 is 5.97 Å². The average Bonchev–Trinajstić information content (AvgIpc) is 3.20. The molecule has 0 radical (unpaired) electrons. The van der Waals surface area contributed by atoms with Crippen LogP contribution in [-0.4, -0.2) is 29.1 Å². The summed E-state index contributed by atoms with van der Waals surface area (Å²) in [4.78, 5) is 14.5. The summed E-state index contributed by atoms with van der Waals surface area (Å²) in [5.74, 6) is 0.0313. The molecule has 1 heterocycles. The average molecular weight is 303 g/mol. The fourth-order valence-corrected chi connectivity index (χ4v) is 3.92. The summed E-state index contributed by atoms with van der Waals surface area (Å²) >= 11 is 1.40. The van der Waals surface area contributed by atoms with Crippen LogP contribution in [0.4, 0.5) is 0 Å². The Morgan fingerprint density at radius 2 is 2.14 bits per heavy atom. The molecule has 1 N–H and O–H groups in total. The molecule has 0 atom stereocenters. The molecule has 0 spiro atoms. The molecule has 1 saturated carbocycles. The van der Waals surface area contributed by atoms with Crippen LogP contribution in [0.25, 0.3) is 10.1 Å². The van der Waals surface area contributed by atoms with Crippen LogP contribution in [0, 0.1) is 5.92 Å². The first-order valence-corrected chi connectivity index (χ1v) is 8.46. The number of carboxylic acid groups (broad SMARTS) is 1. The molecule has 1 fully saturated rings. The number of aromatic carboxylic acids is 1. The highest BCUT2D eigenvalue weighted by atomic mass is 32.1. The summed E-state index contributed by atoms with van der Waals surface area (Å²) in [6, 6.07) is 8.04. The second-order valence-electron chi connectivity index (χ2n) is 5.89. The van der Waals surface area contributed by atoms with Gasteiger partial charge in [-0.25, -0.2) is 4.79 Å². The zero-order chi connectivity index (χ0) is 14.8. The Bertz CT molecular complexity index is 645. The predicted octanol–water partition coefficient (Wildman–Crippen LogP) is 4.22. The van der Waals surface area contributed by atoms with E-state index in [2.05, 4.69) is 17.9 Å². The molecular weight excluding hydrogens is 282 g/mol. The number of nitrogens with zero attached hydrogens (tertiary/aromatic N) is 1. The van der Waals surface area contributed by atoms with Gasteiger partial charge in [0.1, 0.15) is 4.88 Å². The zero-order valence-electron chi connectivity index (χ0n) is 12.3. The van der Waals surface area contributed by atoms with Gasteiger partial charge < -0.3 is 5.11 Å². The number of fused-ring (bicyclic) bond motifs is 1. The van der Waals surface area contributed by atoms with E-state index in [1.807, 2.05) is 18.2 Å². The fourth-order valence-electron chi connectivity index (χ4n) is 2.87. The largest absolute Gasteiger partial charge is 0.477 e. The van der Waals surface area contributed by atoms with Gasteiger partial charge in [-0.05, 0) is 48.7 Å². The molecule has 0 saturated heterocycles. The number of rotatable bonds is 7. The van der Waals surface area contributed by atoms with E-state index in [-0.39, 0.29) is 0 Å². The van der Waals surface area contributed by atoms with Crippen molar-refractivity contribution >= 4 is 27.4 Å². The number of carboxylic acids is 1. The topological polar surface area (TPSA) is 40.5 Å². The number of hydrogen-bond donors (Lipinski definition) is 1. The summed E-state index contributed by atoms with van der Waals surface area (Å²) in [6.07, 6.45) is 3.77. The molecule has 112 valence electrons. The summed E-state index contributed by atoms with van der Waals surface area (Å²) in [7, 11) is 0. The van der Waals surface area contributed by atoms with Crippen LogP contribution >= 0.6 is 11.3 Å². The third-order valence-electron chi connectivity index (χ3n) is 4.03. The minimum atomic E-state index is -0.797. The van der Waals surface area contributed by atoms with E-state index in [0.29, 0.717) is 4.88 Å². The Morgan fingerprint density at radius 3 is 2.81 bits per heavy atom. The second kappa shape index (κ2) is 6.16. The van der Waals surface area contributed by atoms with E-state index in [0.717, 1.165) is 47.6 Å². The molecule has 3 rings (SSSR count). The zero-order valence-corrected chi connectivity index (χ0v) is 13.2. The van der Waals surface area contributed by atoms with Crippen molar-refractivity contribution in [3.63, 3.8) is 0 Å². The lowest BCUT2D eigenvalue weighted by atomic mass is 10.1. The molecule has 0 amide bonds. The van der Waals surface area contributed by atoms with E-state index in [9.17, 15) is 9.90 Å². The molecule has 1 aromatic carbocycles. The quantitative estimate of drug-likeness (QED) is 0.832. The SMILES string of the molecule is CCCN(Cc1c(C(=O)O)sc2ccccc12)CC1CC1. The van der Waals surface area contributed by atoms with Crippen molar-refractivity contribution in [1.82, 2.24) is 4.90 Å². The van der Waals surface area contributed by atoms with E-state index in [4.69, 9.17) is 0 Å². The van der Waals surface area contributed by atoms with Crippen molar-refractivity contribution < 1.29 is 9.90 Å². The Hall–Kier alpha value is -1.39. The van der Waals surface area contributed by atoms with Gasteiger partial charge in [-0.3, -0.25) is 4.90 Å². The van der Waals surface area contributed by atoms with Crippen LogP contribution < -0.4 is 0 Å². The molecule has 1 aromatic heterocycles. The molecule has 0 aliphatic heterocycles. The lowest BCUT2D eigenvalue weighted by Gasteiger charge is -2.21. The van der Waals surface area contributed by atoms with Crippen molar-refractivity contribution in [2.45, 2.75) is 32.7 Å². The van der Waals surface area contributed by atoms with E-state index in [1.165, 1.54) is 24.2 Å². The Morgan fingerprint density at radius 1 is 1.38 bits per heavy atom. The second-order valence-corrected chi connectivity index (χ2v) is 6.94. The summed E-state index contributed by atoms with van der Waals surface area (Å²) in [5.41, 5.74) is 0.997. The van der Waals surface area contributed by atoms with E-state index < -0.39 is 5.97 Å². The third-order valence-corrected chi connectivity index (χ3v) is 5.23. The van der Waals surface area contributed by atoms with Crippen LogP contribution in [0.3, 0.4) is 0 Å². The van der Waals surface area contributed by atoms with Gasteiger partial charge in [0.15, 0.2) is 0 Å². The summed E-state index contributed by atoms with van der Waals surface area (Å²) in [6.45, 7) is 5.09. The van der Waals surface area contributed by atoms with Crippen molar-refractivity contribution in [1.29, 1.82) is 0 Å². The molecular formula is C17H21NO2S. The number of carbonyl (C=O) groups is 1. The van der Waals surface area contributed by atoms with Crippen molar-refractivity contribution in [3.8, 4) is 0 Å². The van der Waals surface area contributed by atoms with Crippen LogP contribution in [0.5, 0.6) is 0 Å². The van der Waals surface area contributed by atoms with Gasteiger partial charge in [0.25, 0.3) is 0 Å². The maximum absolute atomic E-state index is 11.6. The van der Waals surface area contributed by atoms with Crippen molar-refractivity contribution in [2.24, 2.45) is 5.92 Å². The van der Waals surface area contributed by atoms with E-state index in [1.54, 1.807) is 0 Å². The van der Waals surface area contributed by atoms with Crippen LogP contribution in [0.2, 0.25) is 0 Å². The monoisotopic (exact) mass is 303 g/mol. The van der Waals surface area contributed by atoms with Gasteiger partial charge in [0, 0.05) is 17.8 Å². The molecule has 3 nitrogen and oxygen atoms in total. The fraction of sp³-hybridized carbons (Fsp3) is 0.471. The lowest BCUT2D eigenvalue weighted by molar-refractivity contribution is 0.0700. The van der Waals surface area contributed by atoms with Crippen molar-refractivity contribution in [3.05, 3.63) is 34.7 Å². The number of benzene rings is 1. The van der Waals surface area contributed by atoms with E-state index >= 15 is 0 Å². The van der Waals surface area contributed by atoms with Crippen LogP contribution in [-0.2, 0) is 6.54 Å². The maximum Gasteiger partial charge on any atom is 0.346 e. The van der Waals surface area contributed by atoms with Gasteiger partial charge in [-0.15, -0.1) is 11.3 Å². The smallest absolute Gasteiger partial charge is 0.346 e. The molecule has 1 aliphatic carbocycles. The highest BCUT2D eigenvalue weighted by Crippen LogP contribution is 2.34. The minimum Gasteiger partial charge on any atom is -0.477 e. The summed E-state index contributed by atoms with van der Waals surface area (Å²) in [5, 5.41) is 10.6. The summed E-state index contributed by atoms with van der Waals surface area (Å²) < 4.78 is 1.08. The first-order valence-electron chi connectivity index (χ1n) is 7.65. The van der Waals surface area contributed by atoms with Crippen molar-refractivity contribution in [2.75, 3.05) is 13.1 Å². The Labute approximate surface area is 129 Å². The molecule has 1 aliphatic rings. The highest BCUT2D eigenvalue weighted by Gasteiger charge is 2.26. The van der Waals surface area contributed by atoms with Gasteiger partial charge in [-0.2, -0.15) is 0 Å². The predicted molar refractivity (Wildman–Crippen MR) is 87.1 cm³/mol. The Balaban J connectivity index is 1.92. The highest BCUT2D eigenvalue weighted by molar-refractivity contribution is 7.21. The van der Waals surface area contributed by atoms with Gasteiger partial charge in [0.05, 0.1) is 0 Å². The standard InChI is InChI=1S/C17H21NO2S/c1-2-9-18(10-12-7-8-12)11-14-13-5-3-4-6-15(13)21-16(14)17(19)20/h3-6,12H,2,7-11H2,1H3,(H,19,20). The first-order chi connectivity index (χ1) is 10.2. The lowest BCUT2D eigenvalue weighted by Crippen LogP contribution is -2.27. The number of thiophene rings is 1. The molecule has 0 bridgehead atoms. The Kier molecular flexibility index (Phi) is 4.27. The normalized spacial score (nSPS) is 15.0. The minimum absolute atomic E-state index is 0.508.